The minimum absolute atomic E-state index is 0.0447. The second-order valence-corrected chi connectivity index (χ2v) is 11.2. The molecule has 3 aliphatic rings. The molecular weight excluding hydrogens is 491 g/mol. The topological polar surface area (TPSA) is 131 Å². The van der Waals surface area contributed by atoms with Crippen molar-refractivity contribution in [2.24, 2.45) is 23.2 Å². The highest BCUT2D eigenvalue weighted by atomic mass is 19.4. The van der Waals surface area contributed by atoms with Crippen molar-refractivity contribution in [3.05, 3.63) is 12.2 Å². The molecule has 0 aromatic rings. The van der Waals surface area contributed by atoms with Gasteiger partial charge in [0.05, 0.1) is 6.07 Å². The highest BCUT2D eigenvalue weighted by Crippen LogP contribution is 2.35. The number of halogens is 3. The van der Waals surface area contributed by atoms with E-state index in [1.807, 2.05) is 25.2 Å². The van der Waals surface area contributed by atoms with Crippen LogP contribution >= 0.6 is 0 Å². The second-order valence-electron chi connectivity index (χ2n) is 11.2. The molecule has 2 fully saturated rings. The lowest BCUT2D eigenvalue weighted by Gasteiger charge is -2.38. The average molecular weight is 526 g/mol. The van der Waals surface area contributed by atoms with Crippen LogP contribution in [0.2, 0.25) is 0 Å². The van der Waals surface area contributed by atoms with Crippen LogP contribution in [0.5, 0.6) is 0 Å². The molecule has 0 saturated carbocycles. The van der Waals surface area contributed by atoms with Crippen LogP contribution in [0.1, 0.15) is 53.4 Å². The van der Waals surface area contributed by atoms with Crippen LogP contribution in [-0.2, 0) is 19.2 Å². The van der Waals surface area contributed by atoms with Gasteiger partial charge in [-0.3, -0.25) is 19.2 Å². The summed E-state index contributed by atoms with van der Waals surface area (Å²) in [6.07, 6.45) is -0.767. The van der Waals surface area contributed by atoms with Crippen LogP contribution in [0.3, 0.4) is 0 Å². The van der Waals surface area contributed by atoms with Gasteiger partial charge < -0.3 is 20.9 Å². The van der Waals surface area contributed by atoms with E-state index in [9.17, 15) is 37.6 Å². The number of carbonyl (C=O) groups is 4. The molecule has 2 saturated heterocycles. The number of hydrogen-bond donors (Lipinski definition) is 3. The van der Waals surface area contributed by atoms with E-state index in [1.54, 1.807) is 26.0 Å². The average Bonchev–Trinajstić information content (AvgIpc) is 3.38. The number of rotatable bonds is 2. The largest absolute Gasteiger partial charge is 0.471 e. The van der Waals surface area contributed by atoms with E-state index in [2.05, 4.69) is 10.6 Å². The van der Waals surface area contributed by atoms with Crippen LogP contribution in [0.15, 0.2) is 12.2 Å². The number of nitrogens with one attached hydrogen (secondary N) is 3. The molecule has 3 heterocycles. The van der Waals surface area contributed by atoms with Gasteiger partial charge >= 0.3 is 12.1 Å². The first-order valence-corrected chi connectivity index (χ1v) is 12.5. The predicted octanol–water partition coefficient (Wildman–Crippen LogP) is 1.80. The summed E-state index contributed by atoms with van der Waals surface area (Å²) in [5.74, 6) is -4.72. The van der Waals surface area contributed by atoms with Crippen molar-refractivity contribution in [1.29, 1.82) is 5.26 Å². The van der Waals surface area contributed by atoms with Gasteiger partial charge in [-0.1, -0.05) is 39.8 Å². The Hall–Kier alpha value is -3.10. The highest BCUT2D eigenvalue weighted by molar-refractivity contribution is 5.94. The molecular formula is C25H34F3N5O4. The van der Waals surface area contributed by atoms with Crippen molar-refractivity contribution in [3.8, 4) is 6.07 Å². The predicted molar refractivity (Wildman–Crippen MR) is 126 cm³/mol. The molecule has 37 heavy (non-hydrogen) atoms. The fourth-order valence-electron chi connectivity index (χ4n) is 5.51. The normalized spacial score (nSPS) is 33.5. The fourth-order valence-corrected chi connectivity index (χ4v) is 5.51. The van der Waals surface area contributed by atoms with Crippen molar-refractivity contribution < 1.29 is 32.3 Å². The number of carbonyl (C=O) groups excluding carboxylic acids is 4. The Kier molecular flexibility index (Phi) is 8.24. The Morgan fingerprint density at radius 3 is 2.46 bits per heavy atom. The summed E-state index contributed by atoms with van der Waals surface area (Å²) in [4.78, 5) is 52.9. The molecule has 3 N–H and O–H groups in total. The number of amides is 4. The third kappa shape index (κ3) is 6.25. The van der Waals surface area contributed by atoms with Crippen molar-refractivity contribution in [1.82, 2.24) is 20.9 Å². The summed E-state index contributed by atoms with van der Waals surface area (Å²) in [7, 11) is 0. The van der Waals surface area contributed by atoms with Gasteiger partial charge in [0.25, 0.3) is 0 Å². The van der Waals surface area contributed by atoms with Crippen molar-refractivity contribution in [3.63, 3.8) is 0 Å². The maximum Gasteiger partial charge on any atom is 0.471 e. The van der Waals surface area contributed by atoms with Crippen LogP contribution in [-0.4, -0.2) is 65.4 Å². The number of nitrogens with zero attached hydrogens (tertiary/aromatic N) is 2. The van der Waals surface area contributed by atoms with Crippen LogP contribution in [0.25, 0.3) is 0 Å². The number of alkyl halides is 3. The summed E-state index contributed by atoms with van der Waals surface area (Å²) < 4.78 is 39.6. The number of nitriles is 1. The molecule has 0 unspecified atom stereocenters. The third-order valence-electron chi connectivity index (χ3n) is 7.66. The van der Waals surface area contributed by atoms with Gasteiger partial charge in [-0.25, -0.2) is 0 Å². The van der Waals surface area contributed by atoms with Crippen molar-refractivity contribution in [2.45, 2.75) is 83.7 Å². The molecule has 3 aliphatic heterocycles. The molecule has 12 heteroatoms. The first-order chi connectivity index (χ1) is 17.2. The Morgan fingerprint density at radius 1 is 1.19 bits per heavy atom. The molecule has 204 valence electrons. The van der Waals surface area contributed by atoms with Crippen LogP contribution < -0.4 is 16.0 Å². The van der Waals surface area contributed by atoms with Crippen molar-refractivity contribution in [2.75, 3.05) is 6.54 Å². The van der Waals surface area contributed by atoms with Gasteiger partial charge in [-0.15, -0.1) is 0 Å². The Bertz CT molecular complexity index is 1000. The molecule has 6 atom stereocenters. The molecule has 4 amide bonds. The zero-order chi connectivity index (χ0) is 27.7. The van der Waals surface area contributed by atoms with Gasteiger partial charge in [0.2, 0.25) is 17.7 Å². The molecule has 0 aromatic carbocycles. The maximum atomic E-state index is 13.8. The molecule has 9 nitrogen and oxygen atoms in total. The molecule has 0 aliphatic carbocycles. The molecule has 0 radical (unpaired) electrons. The fraction of sp³-hybridized carbons (Fsp3) is 0.720. The number of fused-ring (bicyclic) bond motifs is 3. The SMILES string of the molecule is CC(C)[C@H]1CCN2C(=O)[C@@H](NC(=O)C(F)(F)F)C(C)(C)C/C=C\[C@@H]3C[C@@H](C[C@@H](C#N)NC(=O)[C@H]12)C(=O)N3. The Labute approximate surface area is 214 Å². The minimum atomic E-state index is -5.20. The molecule has 2 bridgehead atoms. The third-order valence-corrected chi connectivity index (χ3v) is 7.66. The number of allylic oxidation sites excluding steroid dienone is 1. The quantitative estimate of drug-likeness (QED) is 0.473. The monoisotopic (exact) mass is 525 g/mol. The summed E-state index contributed by atoms with van der Waals surface area (Å²) >= 11 is 0. The van der Waals surface area contributed by atoms with Gasteiger partial charge in [-0.05, 0) is 42.9 Å². The van der Waals surface area contributed by atoms with Gasteiger partial charge in [0.1, 0.15) is 18.1 Å². The zero-order valence-electron chi connectivity index (χ0n) is 21.4. The smallest absolute Gasteiger partial charge is 0.350 e. The summed E-state index contributed by atoms with van der Waals surface area (Å²) in [5, 5.41) is 17.0. The molecule has 0 aromatic heterocycles. The minimum Gasteiger partial charge on any atom is -0.350 e. The van der Waals surface area contributed by atoms with E-state index in [-0.39, 0.29) is 43.2 Å². The standard InChI is InChI=1S/C25H34F3N5O4/c1-13(2)17-7-9-33-18(17)21(35)31-16(12-29)11-14-10-15(30-20(14)34)6-5-8-24(3,4)19(22(33)36)32-23(37)25(26,27)28/h5-6,13-19H,7-11H2,1-4H3,(H,30,34)(H,31,35)(H,32,37)/b6-5-/t14-,15+,16-,17+,18-,19+/m0/s1. The zero-order valence-corrected chi connectivity index (χ0v) is 21.4. The van der Waals surface area contributed by atoms with Crippen LogP contribution in [0.4, 0.5) is 13.2 Å². The van der Waals surface area contributed by atoms with E-state index in [1.165, 1.54) is 4.90 Å². The van der Waals surface area contributed by atoms with Crippen molar-refractivity contribution >= 4 is 23.6 Å². The van der Waals surface area contributed by atoms with E-state index < -0.39 is 53.4 Å². The van der Waals surface area contributed by atoms with Gasteiger partial charge in [0.15, 0.2) is 0 Å². The summed E-state index contributed by atoms with van der Waals surface area (Å²) in [6.45, 7) is 7.02. The molecule has 0 spiro atoms. The first-order valence-electron chi connectivity index (χ1n) is 12.5. The lowest BCUT2D eigenvalue weighted by molar-refractivity contribution is -0.176. The number of hydrogen-bond acceptors (Lipinski definition) is 5. The van der Waals surface area contributed by atoms with Gasteiger partial charge in [-0.2, -0.15) is 18.4 Å². The second kappa shape index (κ2) is 10.7. The lowest BCUT2D eigenvalue weighted by Crippen LogP contribution is -2.61. The summed E-state index contributed by atoms with van der Waals surface area (Å²) in [6, 6.07) is -1.94. The highest BCUT2D eigenvalue weighted by Gasteiger charge is 2.50. The first kappa shape index (κ1) is 28.5. The summed E-state index contributed by atoms with van der Waals surface area (Å²) in [5.41, 5.74) is -1.16. The van der Waals surface area contributed by atoms with E-state index in [4.69, 9.17) is 0 Å². The lowest BCUT2D eigenvalue weighted by atomic mass is 9.79. The molecule has 3 rings (SSSR count). The van der Waals surface area contributed by atoms with E-state index in [0.717, 1.165) is 0 Å². The Balaban J connectivity index is 2.05. The Morgan fingerprint density at radius 2 is 1.86 bits per heavy atom. The van der Waals surface area contributed by atoms with E-state index in [0.29, 0.717) is 12.8 Å². The maximum absolute atomic E-state index is 13.8. The van der Waals surface area contributed by atoms with Crippen LogP contribution in [0, 0.1) is 34.5 Å². The van der Waals surface area contributed by atoms with E-state index >= 15 is 0 Å². The van der Waals surface area contributed by atoms with Gasteiger partial charge in [0, 0.05) is 18.5 Å².